The number of hydrogen-bond acceptors (Lipinski definition) is 5. The molecule has 5 rings (SSSR count). The normalized spacial score (nSPS) is 16.9. The van der Waals surface area contributed by atoms with Crippen molar-refractivity contribution in [2.75, 3.05) is 13.7 Å². The van der Waals surface area contributed by atoms with E-state index in [0.29, 0.717) is 12.8 Å². The van der Waals surface area contributed by atoms with E-state index in [4.69, 9.17) is 9.47 Å². The van der Waals surface area contributed by atoms with Crippen LogP contribution >= 0.6 is 0 Å². The van der Waals surface area contributed by atoms with E-state index < -0.39 is 59.8 Å². The molecule has 1 aliphatic carbocycles. The molecule has 2 aliphatic rings. The number of halogens is 2. The SMILES string of the molecule is COC(=O)N(C1c2ccccc2-c2ccccc21)[C@@H](Cc1c(F)cccc1F)C(=O)N1CCC[C@H]1C(=O)OC(C)(C)C. The van der Waals surface area contributed by atoms with Crippen LogP contribution < -0.4 is 0 Å². The average Bonchev–Trinajstić information content (AvgIpc) is 3.57. The van der Waals surface area contributed by atoms with Crippen molar-refractivity contribution in [1.82, 2.24) is 9.80 Å². The van der Waals surface area contributed by atoms with Crippen LogP contribution in [0.25, 0.3) is 11.1 Å². The van der Waals surface area contributed by atoms with E-state index in [0.717, 1.165) is 34.4 Å². The van der Waals surface area contributed by atoms with Gasteiger partial charge in [0.25, 0.3) is 0 Å². The van der Waals surface area contributed by atoms with Crippen LogP contribution in [0.1, 0.15) is 56.3 Å². The van der Waals surface area contributed by atoms with Gasteiger partial charge in [0, 0.05) is 18.5 Å². The van der Waals surface area contributed by atoms with Gasteiger partial charge in [0.05, 0.1) is 13.2 Å². The largest absolute Gasteiger partial charge is 0.458 e. The quantitative estimate of drug-likeness (QED) is 0.334. The van der Waals surface area contributed by atoms with Gasteiger partial charge in [-0.3, -0.25) is 9.69 Å². The molecule has 0 unspecified atom stereocenters. The van der Waals surface area contributed by atoms with Gasteiger partial charge in [-0.05, 0) is 68.0 Å². The predicted molar refractivity (Wildman–Crippen MR) is 152 cm³/mol. The van der Waals surface area contributed by atoms with Gasteiger partial charge in [0.1, 0.15) is 29.3 Å². The van der Waals surface area contributed by atoms with Gasteiger partial charge in [-0.1, -0.05) is 54.6 Å². The van der Waals surface area contributed by atoms with Crippen molar-refractivity contribution in [3.63, 3.8) is 0 Å². The third kappa shape index (κ3) is 5.47. The molecule has 2 amide bonds. The molecule has 7 nitrogen and oxygen atoms in total. The monoisotopic (exact) mass is 576 g/mol. The number of fused-ring (bicyclic) bond motifs is 3. The second kappa shape index (κ2) is 11.5. The number of hydrogen-bond donors (Lipinski definition) is 0. The molecule has 0 spiro atoms. The maximum Gasteiger partial charge on any atom is 0.410 e. The van der Waals surface area contributed by atoms with Crippen LogP contribution in [0.2, 0.25) is 0 Å². The first-order valence-electron chi connectivity index (χ1n) is 14.0. The molecule has 0 radical (unpaired) electrons. The summed E-state index contributed by atoms with van der Waals surface area (Å²) in [6.07, 6.45) is -0.404. The van der Waals surface area contributed by atoms with Gasteiger partial charge in [-0.25, -0.2) is 18.4 Å². The smallest absolute Gasteiger partial charge is 0.410 e. The first-order chi connectivity index (χ1) is 20.0. The molecule has 1 saturated heterocycles. The summed E-state index contributed by atoms with van der Waals surface area (Å²) in [7, 11) is 1.20. The molecule has 1 aliphatic heterocycles. The van der Waals surface area contributed by atoms with E-state index in [1.54, 1.807) is 20.8 Å². The lowest BCUT2D eigenvalue weighted by molar-refractivity contribution is -0.164. The highest BCUT2D eigenvalue weighted by Crippen LogP contribution is 2.47. The van der Waals surface area contributed by atoms with Gasteiger partial charge >= 0.3 is 12.1 Å². The summed E-state index contributed by atoms with van der Waals surface area (Å²) in [4.78, 5) is 44.0. The van der Waals surface area contributed by atoms with Crippen molar-refractivity contribution in [2.24, 2.45) is 0 Å². The van der Waals surface area contributed by atoms with Crippen molar-refractivity contribution in [3.05, 3.63) is 95.1 Å². The van der Waals surface area contributed by atoms with E-state index in [1.165, 1.54) is 23.0 Å². The fourth-order valence-corrected chi connectivity index (χ4v) is 6.01. The number of likely N-dealkylation sites (tertiary alicyclic amines) is 1. The Kier molecular flexibility index (Phi) is 8.03. The summed E-state index contributed by atoms with van der Waals surface area (Å²) in [5.74, 6) is -2.85. The van der Waals surface area contributed by atoms with Gasteiger partial charge in [-0.15, -0.1) is 0 Å². The van der Waals surface area contributed by atoms with E-state index in [1.807, 2.05) is 48.5 Å². The zero-order valence-electron chi connectivity index (χ0n) is 24.1. The summed E-state index contributed by atoms with van der Waals surface area (Å²) in [5.41, 5.74) is 2.14. The third-order valence-corrected chi connectivity index (χ3v) is 7.76. The number of benzene rings is 3. The number of carbonyl (C=O) groups excluding carboxylic acids is 3. The topological polar surface area (TPSA) is 76.2 Å². The Morgan fingerprint density at radius 3 is 2.05 bits per heavy atom. The lowest BCUT2D eigenvalue weighted by Crippen LogP contribution is -2.55. The van der Waals surface area contributed by atoms with Crippen molar-refractivity contribution >= 4 is 18.0 Å². The minimum atomic E-state index is -1.41. The maximum atomic E-state index is 15.1. The Morgan fingerprint density at radius 2 is 1.50 bits per heavy atom. The van der Waals surface area contributed by atoms with Crippen LogP contribution in [-0.4, -0.2) is 59.1 Å². The molecule has 1 fully saturated rings. The van der Waals surface area contributed by atoms with E-state index >= 15 is 8.78 Å². The Bertz CT molecular complexity index is 1450. The zero-order valence-corrected chi connectivity index (χ0v) is 24.1. The highest BCUT2D eigenvalue weighted by Gasteiger charge is 2.47. The predicted octanol–water partition coefficient (Wildman–Crippen LogP) is 6.05. The molecule has 1 heterocycles. The van der Waals surface area contributed by atoms with E-state index in [-0.39, 0.29) is 12.1 Å². The summed E-state index contributed by atoms with van der Waals surface area (Å²) < 4.78 is 41.0. The standard InChI is InChI=1S/C33H34F2N2O5/c1-33(2,3)42-31(39)27-17-10-18-36(27)30(38)28(19-24-25(34)15-9-16-26(24)35)37(32(40)41-4)29-22-13-7-5-11-20(22)21-12-6-8-14-23(21)29/h5-9,11-16,27-29H,10,17-19H2,1-4H3/t27-,28-/m0/s1. The fourth-order valence-electron chi connectivity index (χ4n) is 6.01. The first kappa shape index (κ1) is 29.2. The second-order valence-corrected chi connectivity index (χ2v) is 11.6. The summed E-state index contributed by atoms with van der Waals surface area (Å²) in [5, 5.41) is 0. The highest BCUT2D eigenvalue weighted by molar-refractivity contribution is 5.92. The summed E-state index contributed by atoms with van der Waals surface area (Å²) in [6, 6.07) is 15.4. The molecule has 3 aromatic rings. The van der Waals surface area contributed by atoms with Crippen molar-refractivity contribution in [2.45, 2.75) is 63.8 Å². The molecule has 220 valence electrons. The summed E-state index contributed by atoms with van der Waals surface area (Å²) >= 11 is 0. The van der Waals surface area contributed by atoms with Gasteiger partial charge < -0.3 is 14.4 Å². The fraction of sp³-hybridized carbons (Fsp3) is 0.364. The number of rotatable bonds is 6. The molecule has 0 N–H and O–H groups in total. The number of carbonyl (C=O) groups is 3. The van der Waals surface area contributed by atoms with Gasteiger partial charge in [0.2, 0.25) is 5.91 Å². The molecule has 0 bridgehead atoms. The zero-order chi connectivity index (χ0) is 30.2. The average molecular weight is 577 g/mol. The van der Waals surface area contributed by atoms with Crippen LogP contribution in [0.3, 0.4) is 0 Å². The van der Waals surface area contributed by atoms with Gasteiger partial charge in [0.15, 0.2) is 0 Å². The number of amides is 2. The van der Waals surface area contributed by atoms with E-state index in [2.05, 4.69) is 0 Å². The van der Waals surface area contributed by atoms with Crippen LogP contribution in [0.5, 0.6) is 0 Å². The number of ether oxygens (including phenoxy) is 2. The Morgan fingerprint density at radius 1 is 0.929 bits per heavy atom. The number of methoxy groups -OCH3 is 1. The maximum absolute atomic E-state index is 15.1. The lowest BCUT2D eigenvalue weighted by Gasteiger charge is -2.38. The Hall–Kier alpha value is -4.27. The molecule has 42 heavy (non-hydrogen) atoms. The van der Waals surface area contributed by atoms with Crippen molar-refractivity contribution in [3.8, 4) is 11.1 Å². The third-order valence-electron chi connectivity index (χ3n) is 7.76. The lowest BCUT2D eigenvalue weighted by atomic mass is 9.96. The molecule has 3 aromatic carbocycles. The van der Waals surface area contributed by atoms with Crippen LogP contribution in [0.4, 0.5) is 13.6 Å². The second-order valence-electron chi connectivity index (χ2n) is 11.6. The molecule has 0 aromatic heterocycles. The van der Waals surface area contributed by atoms with Crippen LogP contribution in [-0.2, 0) is 25.5 Å². The Balaban J connectivity index is 1.64. The van der Waals surface area contributed by atoms with Gasteiger partial charge in [-0.2, -0.15) is 0 Å². The molecular formula is C33H34F2N2O5. The Labute approximate surface area is 244 Å². The van der Waals surface area contributed by atoms with Crippen molar-refractivity contribution in [1.29, 1.82) is 0 Å². The molecule has 2 atom stereocenters. The molecular weight excluding hydrogens is 542 g/mol. The van der Waals surface area contributed by atoms with Crippen molar-refractivity contribution < 1.29 is 32.6 Å². The van der Waals surface area contributed by atoms with Crippen LogP contribution in [0, 0.1) is 11.6 Å². The number of esters is 1. The minimum absolute atomic E-state index is 0.228. The minimum Gasteiger partial charge on any atom is -0.458 e. The molecule has 9 heteroatoms. The van der Waals surface area contributed by atoms with E-state index in [9.17, 15) is 14.4 Å². The number of nitrogens with zero attached hydrogens (tertiary/aromatic N) is 2. The summed E-state index contributed by atoms with van der Waals surface area (Å²) in [6.45, 7) is 5.45. The highest BCUT2D eigenvalue weighted by atomic mass is 19.1. The van der Waals surface area contributed by atoms with Crippen LogP contribution in [0.15, 0.2) is 66.7 Å². The molecule has 0 saturated carbocycles. The first-order valence-corrected chi connectivity index (χ1v) is 14.0.